The molecule has 0 aromatic heterocycles. The summed E-state index contributed by atoms with van der Waals surface area (Å²) in [4.78, 5) is 11.6. The second kappa shape index (κ2) is 5.36. The monoisotopic (exact) mass is 248 g/mol. The van der Waals surface area contributed by atoms with Gasteiger partial charge in [0.15, 0.2) is 0 Å². The third-order valence-corrected chi connectivity index (χ3v) is 2.70. The van der Waals surface area contributed by atoms with Gasteiger partial charge in [0, 0.05) is 0 Å². The van der Waals surface area contributed by atoms with Crippen molar-refractivity contribution in [2.45, 2.75) is 39.2 Å². The molecule has 0 heterocycles. The van der Waals surface area contributed by atoms with Gasteiger partial charge in [-0.2, -0.15) is 0 Å². The van der Waals surface area contributed by atoms with Crippen molar-refractivity contribution < 1.29 is 14.6 Å². The van der Waals surface area contributed by atoms with E-state index in [2.05, 4.69) is 27.4 Å². The molecule has 0 aliphatic rings. The van der Waals surface area contributed by atoms with Gasteiger partial charge in [-0.25, -0.2) is 4.79 Å². The van der Waals surface area contributed by atoms with E-state index >= 15 is 0 Å². The summed E-state index contributed by atoms with van der Waals surface area (Å²) in [5.74, 6) is -0.150. The van der Waals surface area contributed by atoms with E-state index in [9.17, 15) is 9.90 Å². The highest BCUT2D eigenvalue weighted by Crippen LogP contribution is 2.24. The van der Waals surface area contributed by atoms with Crippen molar-refractivity contribution in [3.05, 3.63) is 42.0 Å². The minimum Gasteiger partial charge on any atom is -0.423 e. The van der Waals surface area contributed by atoms with Crippen molar-refractivity contribution in [2.24, 2.45) is 0 Å². The Morgan fingerprint density at radius 2 is 1.78 bits per heavy atom. The van der Waals surface area contributed by atoms with E-state index in [0.717, 1.165) is 5.56 Å². The second-order valence-corrected chi connectivity index (χ2v) is 5.37. The predicted octanol–water partition coefficient (Wildman–Crippen LogP) is 2.83. The van der Waals surface area contributed by atoms with Crippen LogP contribution in [0.4, 0.5) is 0 Å². The molecule has 1 rings (SSSR count). The molecule has 3 nitrogen and oxygen atoms in total. The fourth-order valence-corrected chi connectivity index (χ4v) is 1.37. The van der Waals surface area contributed by atoms with Crippen molar-refractivity contribution in [1.82, 2.24) is 0 Å². The molecule has 0 fully saturated rings. The number of ether oxygens (including phenoxy) is 1. The average Bonchev–Trinajstić information content (AvgIpc) is 2.27. The summed E-state index contributed by atoms with van der Waals surface area (Å²) < 4.78 is 5.11. The molecule has 0 bridgehead atoms. The number of hydrogen-bond donors (Lipinski definition) is 1. The molecule has 0 saturated carbocycles. The van der Waals surface area contributed by atoms with Crippen LogP contribution in [0.3, 0.4) is 0 Å². The van der Waals surface area contributed by atoms with Crippen LogP contribution in [-0.2, 0) is 10.2 Å². The van der Waals surface area contributed by atoms with E-state index in [1.165, 1.54) is 6.92 Å². The molecule has 0 amide bonds. The first-order valence-electron chi connectivity index (χ1n) is 5.91. The van der Waals surface area contributed by atoms with Gasteiger partial charge in [0.05, 0.1) is 11.7 Å². The van der Waals surface area contributed by atoms with Crippen LogP contribution in [0, 0.1) is 0 Å². The normalized spacial score (nSPS) is 12.9. The summed E-state index contributed by atoms with van der Waals surface area (Å²) in [6, 6.07) is 7.34. The zero-order valence-corrected chi connectivity index (χ0v) is 11.4. The minimum absolute atomic E-state index is 0.0508. The van der Waals surface area contributed by atoms with Crippen LogP contribution in [0.1, 0.15) is 33.3 Å². The van der Waals surface area contributed by atoms with Crippen LogP contribution in [0.5, 0.6) is 5.75 Å². The molecule has 0 aliphatic heterocycles. The average molecular weight is 248 g/mol. The third-order valence-electron chi connectivity index (χ3n) is 2.70. The number of hydrogen-bond acceptors (Lipinski definition) is 3. The molecule has 0 saturated heterocycles. The molecule has 1 unspecified atom stereocenters. The minimum atomic E-state index is -0.897. The maximum absolute atomic E-state index is 11.6. The third kappa shape index (κ3) is 3.70. The summed E-state index contributed by atoms with van der Waals surface area (Å²) in [6.07, 6.45) is -0.897. The van der Waals surface area contributed by atoms with E-state index in [0.29, 0.717) is 5.75 Å². The molecule has 1 N–H and O–H groups in total. The Kier molecular flexibility index (Phi) is 4.30. The van der Waals surface area contributed by atoms with E-state index in [1.54, 1.807) is 12.1 Å². The van der Waals surface area contributed by atoms with Gasteiger partial charge in [-0.15, -0.1) is 0 Å². The van der Waals surface area contributed by atoms with E-state index < -0.39 is 12.1 Å². The zero-order chi connectivity index (χ0) is 13.9. The van der Waals surface area contributed by atoms with Gasteiger partial charge in [0.25, 0.3) is 0 Å². The van der Waals surface area contributed by atoms with Crippen LogP contribution in [0.25, 0.3) is 0 Å². The fourth-order valence-electron chi connectivity index (χ4n) is 1.37. The molecule has 98 valence electrons. The summed E-state index contributed by atoms with van der Waals surface area (Å²) in [7, 11) is 0. The number of aliphatic hydroxyl groups excluding tert-OH is 1. The maximum atomic E-state index is 11.6. The second-order valence-electron chi connectivity index (χ2n) is 5.37. The zero-order valence-electron chi connectivity index (χ0n) is 11.4. The largest absolute Gasteiger partial charge is 0.423 e. The van der Waals surface area contributed by atoms with Crippen molar-refractivity contribution in [2.75, 3.05) is 0 Å². The lowest BCUT2D eigenvalue weighted by Crippen LogP contribution is -2.19. The smallest absolute Gasteiger partial charge is 0.341 e. The molecule has 3 heteroatoms. The van der Waals surface area contributed by atoms with Gasteiger partial charge in [0.2, 0.25) is 0 Å². The first kappa shape index (κ1) is 14.5. The van der Waals surface area contributed by atoms with E-state index in [1.807, 2.05) is 12.1 Å². The Hall–Kier alpha value is -1.61. The van der Waals surface area contributed by atoms with E-state index in [-0.39, 0.29) is 11.0 Å². The fraction of sp³-hybridized carbons (Fsp3) is 0.400. The summed E-state index contributed by atoms with van der Waals surface area (Å²) in [5.41, 5.74) is 1.28. The summed E-state index contributed by atoms with van der Waals surface area (Å²) in [6.45, 7) is 11.3. The Balaban J connectivity index is 2.76. The first-order valence-corrected chi connectivity index (χ1v) is 5.91. The van der Waals surface area contributed by atoms with Gasteiger partial charge in [0.1, 0.15) is 5.75 Å². The van der Waals surface area contributed by atoms with Crippen LogP contribution in [0.2, 0.25) is 0 Å². The van der Waals surface area contributed by atoms with Crippen molar-refractivity contribution in [1.29, 1.82) is 0 Å². The summed E-state index contributed by atoms with van der Waals surface area (Å²) in [5, 5.41) is 9.22. The Bertz CT molecular complexity index is 436. The molecular weight excluding hydrogens is 228 g/mol. The molecule has 0 spiro atoms. The number of rotatable bonds is 3. The Morgan fingerprint density at radius 3 is 2.17 bits per heavy atom. The Morgan fingerprint density at radius 1 is 1.28 bits per heavy atom. The van der Waals surface area contributed by atoms with Crippen molar-refractivity contribution in [3.8, 4) is 5.75 Å². The van der Waals surface area contributed by atoms with Gasteiger partial charge in [-0.1, -0.05) is 39.5 Å². The van der Waals surface area contributed by atoms with Gasteiger partial charge >= 0.3 is 5.97 Å². The van der Waals surface area contributed by atoms with E-state index in [4.69, 9.17) is 4.74 Å². The summed E-state index contributed by atoms with van der Waals surface area (Å²) >= 11 is 0. The molecule has 18 heavy (non-hydrogen) atoms. The predicted molar refractivity (Wildman–Crippen MR) is 71.6 cm³/mol. The molecule has 0 radical (unpaired) electrons. The molecular formula is C15H20O3. The highest BCUT2D eigenvalue weighted by Gasteiger charge is 2.16. The van der Waals surface area contributed by atoms with Crippen LogP contribution in [0.15, 0.2) is 36.4 Å². The maximum Gasteiger partial charge on any atom is 0.341 e. The lowest BCUT2D eigenvalue weighted by atomic mass is 9.87. The highest BCUT2D eigenvalue weighted by molar-refractivity contribution is 5.90. The number of carbonyl (C=O) groups is 1. The standard InChI is InChI=1S/C15H20O3/c1-10(11(2)16)14(17)18-13-8-6-12(7-9-13)15(3,4)5/h6-9,11,16H,1H2,2-5H3. The van der Waals surface area contributed by atoms with Crippen LogP contribution in [-0.4, -0.2) is 17.2 Å². The van der Waals surface area contributed by atoms with Gasteiger partial charge < -0.3 is 9.84 Å². The number of benzene rings is 1. The first-order chi connectivity index (χ1) is 8.21. The molecule has 1 aromatic rings. The van der Waals surface area contributed by atoms with Crippen LogP contribution >= 0.6 is 0 Å². The van der Waals surface area contributed by atoms with Crippen molar-refractivity contribution in [3.63, 3.8) is 0 Å². The highest BCUT2D eigenvalue weighted by atomic mass is 16.5. The Labute approximate surface area is 108 Å². The SMILES string of the molecule is C=C(C(=O)Oc1ccc(C(C)(C)C)cc1)C(C)O. The molecule has 1 aromatic carbocycles. The van der Waals surface area contributed by atoms with Gasteiger partial charge in [-0.3, -0.25) is 0 Å². The van der Waals surface area contributed by atoms with Crippen molar-refractivity contribution >= 4 is 5.97 Å². The topological polar surface area (TPSA) is 46.5 Å². The lowest BCUT2D eigenvalue weighted by molar-refractivity contribution is -0.131. The number of carbonyl (C=O) groups excluding carboxylic acids is 1. The molecule has 1 atom stereocenters. The number of esters is 1. The number of aliphatic hydroxyl groups is 1. The quantitative estimate of drug-likeness (QED) is 0.508. The lowest BCUT2D eigenvalue weighted by Gasteiger charge is -2.19. The van der Waals surface area contributed by atoms with Crippen LogP contribution < -0.4 is 4.74 Å². The van der Waals surface area contributed by atoms with Gasteiger partial charge in [-0.05, 0) is 30.0 Å². The molecule has 0 aliphatic carbocycles.